The van der Waals surface area contributed by atoms with Crippen LogP contribution in [-0.2, 0) is 0 Å². The standard InChI is InChI=1S/C11H18N2/c1-4-6-10(2)9-11(13-3)7-5-8-12/h5,10-12H,4,6-7,9H2,1-2H3/t10?,11-/m0/s1. The third-order valence-corrected chi connectivity index (χ3v) is 2.13. The molecule has 0 aliphatic heterocycles. The zero-order valence-electron chi connectivity index (χ0n) is 8.51. The summed E-state index contributed by atoms with van der Waals surface area (Å²) in [6.45, 7) is 11.3. The summed E-state index contributed by atoms with van der Waals surface area (Å²) >= 11 is 0. The first-order valence-electron chi connectivity index (χ1n) is 4.85. The number of nitrogens with zero attached hydrogens (tertiary/aromatic N) is 1. The van der Waals surface area contributed by atoms with Crippen LogP contribution in [0.3, 0.4) is 0 Å². The summed E-state index contributed by atoms with van der Waals surface area (Å²) in [6, 6.07) is 0.0550. The van der Waals surface area contributed by atoms with E-state index < -0.39 is 0 Å². The molecule has 0 aromatic rings. The Bertz CT molecular complexity index is 209. The molecule has 0 radical (unpaired) electrons. The highest BCUT2D eigenvalue weighted by atomic mass is 14.7. The van der Waals surface area contributed by atoms with Gasteiger partial charge in [0.25, 0.3) is 0 Å². The highest BCUT2D eigenvalue weighted by molar-refractivity contribution is 5.47. The number of hydrogen-bond acceptors (Lipinski definition) is 1. The van der Waals surface area contributed by atoms with Gasteiger partial charge in [-0.05, 0) is 17.9 Å². The maximum absolute atomic E-state index is 6.98. The Kier molecular flexibility index (Phi) is 6.96. The highest BCUT2D eigenvalue weighted by Gasteiger charge is 2.14. The SMILES string of the molecule is [C-]#[N+][C@@H](CC=C=N)CC(C)CCC. The summed E-state index contributed by atoms with van der Waals surface area (Å²) in [5, 5.41) is 6.73. The lowest BCUT2D eigenvalue weighted by atomic mass is 9.96. The summed E-state index contributed by atoms with van der Waals surface area (Å²) < 4.78 is 0. The van der Waals surface area contributed by atoms with Gasteiger partial charge in [-0.3, -0.25) is 5.41 Å². The lowest BCUT2D eigenvalue weighted by molar-refractivity contribution is 0.459. The van der Waals surface area contributed by atoms with E-state index in [2.05, 4.69) is 24.6 Å². The second kappa shape index (κ2) is 7.58. The van der Waals surface area contributed by atoms with Gasteiger partial charge >= 0.3 is 0 Å². The molecule has 2 atom stereocenters. The number of hydrogen-bond donors (Lipinski definition) is 1. The van der Waals surface area contributed by atoms with Gasteiger partial charge in [0.1, 0.15) is 0 Å². The summed E-state index contributed by atoms with van der Waals surface area (Å²) in [5.41, 5.74) is 0. The van der Waals surface area contributed by atoms with Crippen molar-refractivity contribution in [3.05, 3.63) is 17.5 Å². The number of nitrogens with one attached hydrogen (secondary N) is 1. The first kappa shape index (κ1) is 11.9. The van der Waals surface area contributed by atoms with Gasteiger partial charge in [0.05, 0.1) is 0 Å². The van der Waals surface area contributed by atoms with Crippen LogP contribution in [0.1, 0.15) is 39.5 Å². The van der Waals surface area contributed by atoms with Crippen LogP contribution in [0.5, 0.6) is 0 Å². The molecule has 0 bridgehead atoms. The Morgan fingerprint density at radius 3 is 2.77 bits per heavy atom. The first-order valence-corrected chi connectivity index (χ1v) is 4.85. The number of rotatable bonds is 6. The van der Waals surface area contributed by atoms with E-state index in [0.29, 0.717) is 12.3 Å². The molecule has 0 aliphatic rings. The van der Waals surface area contributed by atoms with Crippen molar-refractivity contribution < 1.29 is 0 Å². The van der Waals surface area contributed by atoms with E-state index in [9.17, 15) is 0 Å². The molecule has 0 saturated heterocycles. The molecule has 0 rings (SSSR count). The van der Waals surface area contributed by atoms with Crippen molar-refractivity contribution in [2.24, 2.45) is 5.92 Å². The molecule has 72 valence electrons. The first-order chi connectivity index (χ1) is 6.24. The van der Waals surface area contributed by atoms with Gasteiger partial charge in [-0.1, -0.05) is 26.7 Å². The van der Waals surface area contributed by atoms with Gasteiger partial charge in [0.2, 0.25) is 6.04 Å². The van der Waals surface area contributed by atoms with Crippen LogP contribution in [0.4, 0.5) is 0 Å². The molecule has 0 aromatic carbocycles. The molecule has 0 aromatic heterocycles. The normalized spacial score (nSPS) is 13.9. The lowest BCUT2D eigenvalue weighted by Crippen LogP contribution is -2.07. The van der Waals surface area contributed by atoms with Gasteiger partial charge in [0.15, 0.2) is 0 Å². The molecule has 2 heteroatoms. The maximum atomic E-state index is 6.98. The highest BCUT2D eigenvalue weighted by Crippen LogP contribution is 2.16. The topological polar surface area (TPSA) is 28.2 Å². The van der Waals surface area contributed by atoms with Gasteiger partial charge in [-0.15, -0.1) is 0 Å². The van der Waals surface area contributed by atoms with E-state index in [-0.39, 0.29) is 6.04 Å². The Labute approximate surface area is 81.0 Å². The van der Waals surface area contributed by atoms with Crippen molar-refractivity contribution in [3.8, 4) is 0 Å². The molecule has 2 nitrogen and oxygen atoms in total. The molecule has 0 saturated carbocycles. The fourth-order valence-electron chi connectivity index (χ4n) is 1.47. The quantitative estimate of drug-likeness (QED) is 0.477. The van der Waals surface area contributed by atoms with E-state index in [1.807, 2.05) is 0 Å². The van der Waals surface area contributed by atoms with Crippen molar-refractivity contribution >= 4 is 5.87 Å². The summed E-state index contributed by atoms with van der Waals surface area (Å²) in [7, 11) is 0. The molecule has 1 N–H and O–H groups in total. The average molecular weight is 178 g/mol. The molecule has 0 fully saturated rings. The van der Waals surface area contributed by atoms with E-state index in [0.717, 1.165) is 6.42 Å². The summed E-state index contributed by atoms with van der Waals surface area (Å²) in [4.78, 5) is 3.54. The lowest BCUT2D eigenvalue weighted by Gasteiger charge is -2.09. The Balaban J connectivity index is 3.84. The van der Waals surface area contributed by atoms with Crippen molar-refractivity contribution in [2.45, 2.75) is 45.6 Å². The Hall–Kier alpha value is -1.06. The van der Waals surface area contributed by atoms with Crippen LogP contribution in [-0.4, -0.2) is 11.9 Å². The molecular weight excluding hydrogens is 160 g/mol. The van der Waals surface area contributed by atoms with Gasteiger partial charge in [-0.2, -0.15) is 0 Å². The van der Waals surface area contributed by atoms with Crippen LogP contribution in [0.15, 0.2) is 6.08 Å². The third kappa shape index (κ3) is 6.13. The molecule has 0 amide bonds. The minimum atomic E-state index is 0.0550. The van der Waals surface area contributed by atoms with Crippen LogP contribution >= 0.6 is 0 Å². The fourth-order valence-corrected chi connectivity index (χ4v) is 1.47. The van der Waals surface area contributed by atoms with Crippen molar-refractivity contribution in [1.82, 2.24) is 0 Å². The average Bonchev–Trinajstić information content (AvgIpc) is 2.12. The molecule has 1 unspecified atom stereocenters. The van der Waals surface area contributed by atoms with E-state index in [1.165, 1.54) is 12.8 Å². The summed E-state index contributed by atoms with van der Waals surface area (Å²) in [5.74, 6) is 2.85. The zero-order chi connectivity index (χ0) is 10.1. The second-order valence-corrected chi connectivity index (χ2v) is 3.50. The Morgan fingerprint density at radius 1 is 1.62 bits per heavy atom. The van der Waals surface area contributed by atoms with Gasteiger partial charge in [-0.25, -0.2) is 6.57 Å². The van der Waals surface area contributed by atoms with Crippen LogP contribution in [0.2, 0.25) is 0 Å². The van der Waals surface area contributed by atoms with E-state index >= 15 is 0 Å². The van der Waals surface area contributed by atoms with E-state index in [1.54, 1.807) is 6.08 Å². The second-order valence-electron chi connectivity index (χ2n) is 3.50. The zero-order valence-corrected chi connectivity index (χ0v) is 8.51. The minimum absolute atomic E-state index is 0.0550. The van der Waals surface area contributed by atoms with Crippen molar-refractivity contribution in [2.75, 3.05) is 0 Å². The third-order valence-electron chi connectivity index (χ3n) is 2.13. The van der Waals surface area contributed by atoms with Crippen LogP contribution in [0.25, 0.3) is 4.85 Å². The van der Waals surface area contributed by atoms with E-state index in [4.69, 9.17) is 12.0 Å². The molecule has 0 heterocycles. The van der Waals surface area contributed by atoms with Crippen LogP contribution in [0, 0.1) is 17.9 Å². The summed E-state index contributed by atoms with van der Waals surface area (Å²) in [6.07, 6.45) is 5.66. The molecule has 13 heavy (non-hydrogen) atoms. The molecule has 0 aliphatic carbocycles. The predicted molar refractivity (Wildman–Crippen MR) is 56.0 cm³/mol. The monoisotopic (exact) mass is 178 g/mol. The Morgan fingerprint density at radius 2 is 2.31 bits per heavy atom. The van der Waals surface area contributed by atoms with Gasteiger partial charge < -0.3 is 4.85 Å². The van der Waals surface area contributed by atoms with Crippen LogP contribution < -0.4 is 0 Å². The minimum Gasteiger partial charge on any atom is -0.313 e. The van der Waals surface area contributed by atoms with Crippen molar-refractivity contribution in [1.29, 1.82) is 5.41 Å². The van der Waals surface area contributed by atoms with Crippen molar-refractivity contribution in [3.63, 3.8) is 0 Å². The van der Waals surface area contributed by atoms with Gasteiger partial charge in [0, 0.05) is 12.8 Å². The largest absolute Gasteiger partial charge is 0.313 e. The fraction of sp³-hybridized carbons (Fsp3) is 0.727. The maximum Gasteiger partial charge on any atom is 0.228 e. The molecule has 0 spiro atoms. The smallest absolute Gasteiger partial charge is 0.228 e. The molecular formula is C11H18N2. The predicted octanol–water partition coefficient (Wildman–Crippen LogP) is 3.30.